The predicted octanol–water partition coefficient (Wildman–Crippen LogP) is 0.992. The third kappa shape index (κ3) is 6.77. The van der Waals surface area contributed by atoms with Gasteiger partial charge >= 0.3 is 0 Å². The van der Waals surface area contributed by atoms with Crippen LogP contribution in [-0.2, 0) is 9.59 Å². The molecule has 0 radical (unpaired) electrons. The molecule has 0 aromatic heterocycles. The van der Waals surface area contributed by atoms with E-state index in [2.05, 4.69) is 10.6 Å². The Kier molecular flexibility index (Phi) is 8.70. The van der Waals surface area contributed by atoms with Crippen LogP contribution in [-0.4, -0.2) is 37.0 Å². The van der Waals surface area contributed by atoms with Crippen LogP contribution >= 0.6 is 0 Å². The van der Waals surface area contributed by atoms with E-state index in [0.29, 0.717) is 24.9 Å². The minimum Gasteiger partial charge on any atom is -0.354 e. The molecule has 1 aliphatic carbocycles. The molecule has 1 aliphatic rings. The van der Waals surface area contributed by atoms with E-state index >= 15 is 0 Å². The molecule has 6 nitrogen and oxygen atoms in total. The van der Waals surface area contributed by atoms with Crippen molar-refractivity contribution in [3.05, 3.63) is 0 Å². The molecule has 0 aliphatic heterocycles. The van der Waals surface area contributed by atoms with Crippen LogP contribution in [0.15, 0.2) is 0 Å². The second-order valence-electron chi connectivity index (χ2n) is 7.92. The summed E-state index contributed by atoms with van der Waals surface area (Å²) in [6, 6.07) is -0.858. The molecule has 1 saturated carbocycles. The molecule has 0 aromatic rings. The van der Waals surface area contributed by atoms with E-state index in [1.807, 2.05) is 27.7 Å². The number of nitrogens with two attached hydrogens (primary N) is 2. The van der Waals surface area contributed by atoms with Gasteiger partial charge in [0.1, 0.15) is 0 Å². The van der Waals surface area contributed by atoms with Gasteiger partial charge in [-0.2, -0.15) is 0 Å². The van der Waals surface area contributed by atoms with Gasteiger partial charge < -0.3 is 22.1 Å². The number of hydrogen-bond acceptors (Lipinski definition) is 4. The fourth-order valence-electron chi connectivity index (χ4n) is 2.97. The largest absolute Gasteiger partial charge is 0.354 e. The Morgan fingerprint density at radius 1 is 0.792 bits per heavy atom. The van der Waals surface area contributed by atoms with Gasteiger partial charge in [0.05, 0.1) is 12.1 Å². The number of amides is 2. The minimum atomic E-state index is -0.429. The van der Waals surface area contributed by atoms with Crippen LogP contribution in [0.3, 0.4) is 0 Å². The van der Waals surface area contributed by atoms with Gasteiger partial charge in [-0.15, -0.1) is 0 Å². The van der Waals surface area contributed by atoms with Gasteiger partial charge in [0, 0.05) is 13.1 Å². The molecule has 0 aromatic carbocycles. The number of carbonyl (C=O) groups is 2. The molecule has 0 saturated heterocycles. The van der Waals surface area contributed by atoms with Crippen molar-refractivity contribution in [3.63, 3.8) is 0 Å². The van der Waals surface area contributed by atoms with E-state index < -0.39 is 12.1 Å². The first kappa shape index (κ1) is 20.9. The Labute approximate surface area is 146 Å². The minimum absolute atomic E-state index is 0.0536. The highest BCUT2D eigenvalue weighted by Gasteiger charge is 2.24. The topological polar surface area (TPSA) is 110 Å². The fraction of sp³-hybridized carbons (Fsp3) is 0.889. The average Bonchev–Trinajstić information content (AvgIpc) is 2.56. The van der Waals surface area contributed by atoms with Gasteiger partial charge in [-0.1, -0.05) is 27.7 Å². The summed E-state index contributed by atoms with van der Waals surface area (Å²) in [6.45, 7) is 9.22. The summed E-state index contributed by atoms with van der Waals surface area (Å²) in [5.74, 6) is 1.23. The van der Waals surface area contributed by atoms with E-state index in [0.717, 1.165) is 25.7 Å². The van der Waals surface area contributed by atoms with Crippen LogP contribution in [0.1, 0.15) is 53.4 Å². The molecule has 0 bridgehead atoms. The molecule has 6 heteroatoms. The summed E-state index contributed by atoms with van der Waals surface area (Å²) in [5.41, 5.74) is 11.7. The van der Waals surface area contributed by atoms with Crippen LogP contribution in [0.2, 0.25) is 0 Å². The monoisotopic (exact) mass is 340 g/mol. The number of rotatable bonds is 8. The zero-order chi connectivity index (χ0) is 18.3. The lowest BCUT2D eigenvalue weighted by atomic mass is 9.82. The molecule has 0 heterocycles. The highest BCUT2D eigenvalue weighted by atomic mass is 16.2. The first-order chi connectivity index (χ1) is 11.2. The maximum atomic E-state index is 11.9. The van der Waals surface area contributed by atoms with Crippen molar-refractivity contribution in [2.75, 3.05) is 13.1 Å². The molecular weight excluding hydrogens is 304 g/mol. The highest BCUT2D eigenvalue weighted by molar-refractivity contribution is 5.82. The van der Waals surface area contributed by atoms with Crippen molar-refractivity contribution in [1.29, 1.82) is 0 Å². The fourth-order valence-corrected chi connectivity index (χ4v) is 2.97. The van der Waals surface area contributed by atoms with Crippen LogP contribution in [0.4, 0.5) is 0 Å². The first-order valence-electron chi connectivity index (χ1n) is 9.28. The molecule has 6 N–H and O–H groups in total. The van der Waals surface area contributed by atoms with Gasteiger partial charge in [-0.3, -0.25) is 9.59 Å². The summed E-state index contributed by atoms with van der Waals surface area (Å²) in [6.07, 6.45) is 4.31. The van der Waals surface area contributed by atoms with Crippen molar-refractivity contribution in [2.45, 2.75) is 65.5 Å². The summed E-state index contributed by atoms with van der Waals surface area (Å²) in [5, 5.41) is 5.95. The first-order valence-corrected chi connectivity index (χ1v) is 9.28. The standard InChI is InChI=1S/C18H36N4O2/c1-11(2)15(19)17(23)21-9-13-5-7-14(8-6-13)10-22-18(24)16(20)12(3)4/h11-16H,5-10,19-20H2,1-4H3,(H,21,23)(H,22,24)/t13?,14?,15-,16-/m0/s1. The average molecular weight is 341 g/mol. The molecule has 0 spiro atoms. The Morgan fingerprint density at radius 3 is 1.33 bits per heavy atom. The smallest absolute Gasteiger partial charge is 0.237 e. The third-order valence-corrected chi connectivity index (χ3v) is 5.14. The van der Waals surface area contributed by atoms with Gasteiger partial charge in [0.15, 0.2) is 0 Å². The molecule has 1 rings (SSSR count). The van der Waals surface area contributed by atoms with Crippen molar-refractivity contribution in [1.82, 2.24) is 10.6 Å². The van der Waals surface area contributed by atoms with E-state index in [1.165, 1.54) is 0 Å². The maximum Gasteiger partial charge on any atom is 0.237 e. The molecule has 2 atom stereocenters. The van der Waals surface area contributed by atoms with Crippen LogP contribution in [0, 0.1) is 23.7 Å². The Balaban J connectivity index is 2.22. The maximum absolute atomic E-state index is 11.9. The number of hydrogen-bond donors (Lipinski definition) is 4. The Hall–Kier alpha value is -1.14. The highest BCUT2D eigenvalue weighted by Crippen LogP contribution is 2.28. The van der Waals surface area contributed by atoms with Crippen LogP contribution in [0.5, 0.6) is 0 Å². The summed E-state index contributed by atoms with van der Waals surface area (Å²) >= 11 is 0. The van der Waals surface area contributed by atoms with Crippen molar-refractivity contribution >= 4 is 11.8 Å². The van der Waals surface area contributed by atoms with Crippen molar-refractivity contribution in [3.8, 4) is 0 Å². The van der Waals surface area contributed by atoms with Crippen LogP contribution < -0.4 is 22.1 Å². The second kappa shape index (κ2) is 9.99. The van der Waals surface area contributed by atoms with Gasteiger partial charge in [-0.25, -0.2) is 0 Å². The van der Waals surface area contributed by atoms with Crippen molar-refractivity contribution < 1.29 is 9.59 Å². The molecule has 1 fully saturated rings. The Morgan fingerprint density at radius 2 is 1.08 bits per heavy atom. The number of carbonyl (C=O) groups excluding carboxylic acids is 2. The van der Waals surface area contributed by atoms with Crippen LogP contribution in [0.25, 0.3) is 0 Å². The third-order valence-electron chi connectivity index (χ3n) is 5.14. The van der Waals surface area contributed by atoms with Gasteiger partial charge in [0.25, 0.3) is 0 Å². The summed E-state index contributed by atoms with van der Waals surface area (Å²) in [7, 11) is 0. The molecule has 2 amide bonds. The predicted molar refractivity (Wildman–Crippen MR) is 97.1 cm³/mol. The second-order valence-corrected chi connectivity index (χ2v) is 7.92. The Bertz CT molecular complexity index is 366. The van der Waals surface area contributed by atoms with Gasteiger partial charge in [-0.05, 0) is 49.4 Å². The zero-order valence-electron chi connectivity index (χ0n) is 15.7. The van der Waals surface area contributed by atoms with Gasteiger partial charge in [0.2, 0.25) is 11.8 Å². The summed E-state index contributed by atoms with van der Waals surface area (Å²) < 4.78 is 0. The quantitative estimate of drug-likeness (QED) is 0.528. The number of nitrogens with one attached hydrogen (secondary N) is 2. The summed E-state index contributed by atoms with van der Waals surface area (Å²) in [4.78, 5) is 23.8. The molecular formula is C18H36N4O2. The van der Waals surface area contributed by atoms with E-state index in [4.69, 9.17) is 11.5 Å². The van der Waals surface area contributed by atoms with E-state index in [9.17, 15) is 9.59 Å². The molecule has 0 unspecified atom stereocenters. The lowest BCUT2D eigenvalue weighted by molar-refractivity contribution is -0.124. The SMILES string of the molecule is CC(C)[C@H](N)C(=O)NCC1CCC(CNC(=O)[C@@H](N)C(C)C)CC1. The lowest BCUT2D eigenvalue weighted by Gasteiger charge is -2.29. The normalized spacial score (nSPS) is 23.8. The van der Waals surface area contributed by atoms with E-state index in [-0.39, 0.29) is 23.7 Å². The van der Waals surface area contributed by atoms with Crippen molar-refractivity contribution in [2.24, 2.45) is 35.1 Å². The zero-order valence-corrected chi connectivity index (χ0v) is 15.7. The van der Waals surface area contributed by atoms with E-state index in [1.54, 1.807) is 0 Å². The molecule has 140 valence electrons. The lowest BCUT2D eigenvalue weighted by Crippen LogP contribution is -2.46. The molecule has 24 heavy (non-hydrogen) atoms.